The minimum Gasteiger partial charge on any atom is -0.436 e. The summed E-state index contributed by atoms with van der Waals surface area (Å²) in [5.41, 5.74) is 5.48. The molecule has 1 aromatic rings. The fourth-order valence-electron chi connectivity index (χ4n) is 3.16. The number of nitrogens with one attached hydrogen (secondary N) is 2. The first-order valence-corrected chi connectivity index (χ1v) is 6.62. The lowest BCUT2D eigenvalue weighted by Gasteiger charge is -2.46. The van der Waals surface area contributed by atoms with Gasteiger partial charge in [0.25, 0.3) is 5.91 Å². The number of piperidine rings is 1. The number of furan rings is 1. The van der Waals surface area contributed by atoms with Crippen LogP contribution >= 0.6 is 0 Å². The summed E-state index contributed by atoms with van der Waals surface area (Å²) in [6.45, 7) is 8.60. The maximum atomic E-state index is 12.1. The van der Waals surface area contributed by atoms with Crippen LogP contribution in [0.25, 0.3) is 0 Å². The molecule has 0 aliphatic carbocycles. The molecule has 0 aromatic carbocycles. The lowest BCUT2D eigenvalue weighted by Crippen LogP contribution is -2.62. The first-order chi connectivity index (χ1) is 8.67. The topological polar surface area (TPSA) is 80.3 Å². The number of carbonyl (C=O) groups excluding carboxylic acids is 1. The molecular formula is C14H23N3O2. The number of nitrogen functional groups attached to an aromatic ring is 1. The van der Waals surface area contributed by atoms with Crippen molar-refractivity contribution in [2.45, 2.75) is 57.7 Å². The largest absolute Gasteiger partial charge is 0.436 e. The Hall–Kier alpha value is -1.49. The molecule has 1 saturated heterocycles. The molecule has 0 bridgehead atoms. The number of carbonyl (C=O) groups is 1. The molecule has 1 amide bonds. The van der Waals surface area contributed by atoms with Crippen molar-refractivity contribution in [3.63, 3.8) is 0 Å². The zero-order chi connectivity index (χ0) is 14.3. The van der Waals surface area contributed by atoms with Crippen LogP contribution in [0.4, 0.5) is 5.88 Å². The standard InChI is InChI=1S/C14H23N3O2/c1-13(2)7-9(8-14(3,4)17-13)16-12(18)10-5-6-11(15)19-10/h5-6,9,17H,7-8,15H2,1-4H3,(H,16,18). The molecule has 19 heavy (non-hydrogen) atoms. The fourth-order valence-corrected chi connectivity index (χ4v) is 3.16. The minimum absolute atomic E-state index is 0.00187. The van der Waals surface area contributed by atoms with Crippen molar-refractivity contribution in [1.82, 2.24) is 10.6 Å². The van der Waals surface area contributed by atoms with Crippen molar-refractivity contribution in [1.29, 1.82) is 0 Å². The van der Waals surface area contributed by atoms with E-state index in [1.165, 1.54) is 0 Å². The SMILES string of the molecule is CC1(C)CC(NC(=O)c2ccc(N)o2)CC(C)(C)N1. The highest BCUT2D eigenvalue weighted by Gasteiger charge is 2.38. The molecule has 0 radical (unpaired) electrons. The van der Waals surface area contributed by atoms with Gasteiger partial charge < -0.3 is 20.8 Å². The number of nitrogens with two attached hydrogens (primary N) is 1. The van der Waals surface area contributed by atoms with Crippen LogP contribution in [0, 0.1) is 0 Å². The number of amides is 1. The first kappa shape index (κ1) is 13.9. The fraction of sp³-hybridized carbons (Fsp3) is 0.643. The summed E-state index contributed by atoms with van der Waals surface area (Å²) in [4.78, 5) is 12.1. The smallest absolute Gasteiger partial charge is 0.287 e. The Morgan fingerprint density at radius 2 is 1.89 bits per heavy atom. The van der Waals surface area contributed by atoms with Gasteiger partial charge in [-0.05, 0) is 46.6 Å². The molecule has 0 atom stereocenters. The van der Waals surface area contributed by atoms with E-state index in [9.17, 15) is 4.79 Å². The Kier molecular flexibility index (Phi) is 3.34. The van der Waals surface area contributed by atoms with Crippen molar-refractivity contribution in [2.75, 3.05) is 5.73 Å². The van der Waals surface area contributed by atoms with Crippen molar-refractivity contribution >= 4 is 11.8 Å². The third-order valence-corrected chi connectivity index (χ3v) is 3.38. The Bertz CT molecular complexity index is 461. The molecule has 1 aliphatic rings. The molecule has 106 valence electrons. The zero-order valence-corrected chi connectivity index (χ0v) is 12.0. The maximum absolute atomic E-state index is 12.1. The Labute approximate surface area is 113 Å². The van der Waals surface area contributed by atoms with Crippen molar-refractivity contribution in [2.24, 2.45) is 0 Å². The summed E-state index contributed by atoms with van der Waals surface area (Å²) in [5, 5.41) is 6.62. The Balaban J connectivity index is 2.04. The molecule has 1 aromatic heterocycles. The van der Waals surface area contributed by atoms with Gasteiger partial charge in [0.05, 0.1) is 0 Å². The van der Waals surface area contributed by atoms with Gasteiger partial charge >= 0.3 is 0 Å². The van der Waals surface area contributed by atoms with Crippen molar-refractivity contribution in [3.05, 3.63) is 17.9 Å². The van der Waals surface area contributed by atoms with E-state index in [-0.39, 0.29) is 34.7 Å². The maximum Gasteiger partial charge on any atom is 0.287 e. The van der Waals surface area contributed by atoms with Crippen LogP contribution in [0.5, 0.6) is 0 Å². The van der Waals surface area contributed by atoms with E-state index < -0.39 is 0 Å². The van der Waals surface area contributed by atoms with E-state index in [4.69, 9.17) is 10.2 Å². The number of rotatable bonds is 2. The molecule has 0 saturated carbocycles. The lowest BCUT2D eigenvalue weighted by atomic mass is 9.79. The van der Waals surface area contributed by atoms with Gasteiger partial charge in [-0.3, -0.25) is 4.79 Å². The van der Waals surface area contributed by atoms with Gasteiger partial charge in [-0.2, -0.15) is 0 Å². The molecular weight excluding hydrogens is 242 g/mol. The molecule has 0 spiro atoms. The van der Waals surface area contributed by atoms with Crippen LogP contribution < -0.4 is 16.4 Å². The highest BCUT2D eigenvalue weighted by atomic mass is 16.4. The second-order valence-corrected chi connectivity index (χ2v) is 6.67. The molecule has 5 nitrogen and oxygen atoms in total. The first-order valence-electron chi connectivity index (χ1n) is 6.62. The van der Waals surface area contributed by atoms with Crippen LogP contribution in [-0.2, 0) is 0 Å². The number of hydrogen-bond donors (Lipinski definition) is 3. The molecule has 1 aliphatic heterocycles. The van der Waals surface area contributed by atoms with E-state index >= 15 is 0 Å². The Morgan fingerprint density at radius 1 is 1.32 bits per heavy atom. The predicted molar refractivity (Wildman–Crippen MR) is 74.9 cm³/mol. The van der Waals surface area contributed by atoms with E-state index in [1.807, 2.05) is 0 Å². The van der Waals surface area contributed by atoms with Crippen LogP contribution in [0.15, 0.2) is 16.5 Å². The predicted octanol–water partition coefficient (Wildman–Crippen LogP) is 1.90. The number of hydrogen-bond acceptors (Lipinski definition) is 4. The van der Waals surface area contributed by atoms with Gasteiger partial charge in [0, 0.05) is 23.2 Å². The molecule has 2 heterocycles. The summed E-state index contributed by atoms with van der Waals surface area (Å²) >= 11 is 0. The van der Waals surface area contributed by atoms with E-state index in [0.717, 1.165) is 12.8 Å². The third-order valence-electron chi connectivity index (χ3n) is 3.38. The van der Waals surface area contributed by atoms with E-state index in [1.54, 1.807) is 12.1 Å². The summed E-state index contributed by atoms with van der Waals surface area (Å²) < 4.78 is 5.14. The molecule has 1 fully saturated rings. The molecule has 2 rings (SSSR count). The van der Waals surface area contributed by atoms with Gasteiger partial charge in [0.2, 0.25) is 0 Å². The van der Waals surface area contributed by atoms with Crippen molar-refractivity contribution in [3.8, 4) is 0 Å². The second kappa shape index (κ2) is 4.56. The van der Waals surface area contributed by atoms with E-state index in [2.05, 4.69) is 38.3 Å². The highest BCUT2D eigenvalue weighted by molar-refractivity contribution is 5.92. The van der Waals surface area contributed by atoms with Gasteiger partial charge in [0.1, 0.15) is 0 Å². The van der Waals surface area contributed by atoms with Gasteiger partial charge in [-0.1, -0.05) is 0 Å². The van der Waals surface area contributed by atoms with Crippen LogP contribution in [0.3, 0.4) is 0 Å². The summed E-state index contributed by atoms with van der Waals surface area (Å²) in [6.07, 6.45) is 1.77. The summed E-state index contributed by atoms with van der Waals surface area (Å²) in [6, 6.07) is 3.32. The van der Waals surface area contributed by atoms with Crippen molar-refractivity contribution < 1.29 is 9.21 Å². The van der Waals surface area contributed by atoms with Gasteiger partial charge in [0.15, 0.2) is 11.6 Å². The zero-order valence-electron chi connectivity index (χ0n) is 12.0. The van der Waals surface area contributed by atoms with E-state index in [0.29, 0.717) is 0 Å². The highest BCUT2D eigenvalue weighted by Crippen LogP contribution is 2.28. The van der Waals surface area contributed by atoms with Crippen LogP contribution in [-0.4, -0.2) is 23.0 Å². The van der Waals surface area contributed by atoms with Gasteiger partial charge in [-0.25, -0.2) is 0 Å². The molecule has 5 heteroatoms. The normalized spacial score (nSPS) is 22.1. The average molecular weight is 265 g/mol. The summed E-state index contributed by atoms with van der Waals surface area (Å²) in [5.74, 6) is 0.331. The quantitative estimate of drug-likeness (QED) is 0.763. The van der Waals surface area contributed by atoms with Gasteiger partial charge in [-0.15, -0.1) is 0 Å². The molecule has 0 unspecified atom stereocenters. The van der Waals surface area contributed by atoms with Crippen LogP contribution in [0.2, 0.25) is 0 Å². The second-order valence-electron chi connectivity index (χ2n) is 6.67. The third kappa shape index (κ3) is 3.50. The number of anilines is 1. The Morgan fingerprint density at radius 3 is 2.37 bits per heavy atom. The van der Waals surface area contributed by atoms with Crippen LogP contribution in [0.1, 0.15) is 51.1 Å². The molecule has 4 N–H and O–H groups in total. The minimum atomic E-state index is -0.199. The summed E-state index contributed by atoms with van der Waals surface area (Å²) in [7, 11) is 0. The average Bonchev–Trinajstić information content (AvgIpc) is 2.59. The monoisotopic (exact) mass is 265 g/mol. The lowest BCUT2D eigenvalue weighted by molar-refractivity contribution is 0.0847.